The average Bonchev–Trinajstić information content (AvgIpc) is 2.80. The minimum Gasteiger partial charge on any atom is -0.448 e. The van der Waals surface area contributed by atoms with E-state index < -0.39 is 12.1 Å². The van der Waals surface area contributed by atoms with Gasteiger partial charge in [-0.05, 0) is 25.8 Å². The molecule has 1 aromatic heterocycles. The number of aromatic amines is 1. The number of para-hydroxylation sites is 1. The van der Waals surface area contributed by atoms with E-state index in [1.54, 1.807) is 17.9 Å². The Labute approximate surface area is 134 Å². The summed E-state index contributed by atoms with van der Waals surface area (Å²) in [7, 11) is 0. The summed E-state index contributed by atoms with van der Waals surface area (Å²) in [6, 6.07) is 7.34. The maximum atomic E-state index is 12.4. The Balaban J connectivity index is 1.68. The predicted octanol–water partition coefficient (Wildman–Crippen LogP) is 2.51. The van der Waals surface area contributed by atoms with Crippen LogP contribution in [0, 0.1) is 0 Å². The van der Waals surface area contributed by atoms with Crippen molar-refractivity contribution in [1.29, 1.82) is 0 Å². The number of esters is 1. The maximum absolute atomic E-state index is 12.4. The zero-order valence-corrected chi connectivity index (χ0v) is 13.2. The lowest BCUT2D eigenvalue weighted by Crippen LogP contribution is -2.40. The highest BCUT2D eigenvalue weighted by Crippen LogP contribution is 2.17. The molecule has 1 fully saturated rings. The Bertz CT molecular complexity index is 702. The highest BCUT2D eigenvalue weighted by molar-refractivity contribution is 6.02. The highest BCUT2D eigenvalue weighted by Gasteiger charge is 2.26. The average molecular weight is 315 g/mol. The summed E-state index contributed by atoms with van der Waals surface area (Å²) in [6.45, 7) is 3.11. The van der Waals surface area contributed by atoms with Gasteiger partial charge in [-0.2, -0.15) is 5.10 Å². The van der Waals surface area contributed by atoms with E-state index in [1.807, 2.05) is 18.2 Å². The SMILES string of the molecule is C[C@H](OC(=O)c1n[nH]c2ccccc12)C(=O)N1CCCCCC1. The first kappa shape index (κ1) is 15.5. The number of carbonyl (C=O) groups excluding carboxylic acids is 2. The third-order valence-electron chi connectivity index (χ3n) is 4.21. The lowest BCUT2D eigenvalue weighted by Gasteiger charge is -2.23. The van der Waals surface area contributed by atoms with Gasteiger partial charge in [0.25, 0.3) is 5.91 Å². The van der Waals surface area contributed by atoms with E-state index in [-0.39, 0.29) is 11.6 Å². The number of rotatable bonds is 3. The molecule has 0 radical (unpaired) electrons. The fraction of sp³-hybridized carbons (Fsp3) is 0.471. The Morgan fingerprint density at radius 2 is 1.87 bits per heavy atom. The topological polar surface area (TPSA) is 75.3 Å². The summed E-state index contributed by atoms with van der Waals surface area (Å²) >= 11 is 0. The van der Waals surface area contributed by atoms with Crippen LogP contribution in [0.25, 0.3) is 10.9 Å². The van der Waals surface area contributed by atoms with Crippen molar-refractivity contribution >= 4 is 22.8 Å². The van der Waals surface area contributed by atoms with E-state index in [0.717, 1.165) is 44.3 Å². The fourth-order valence-electron chi connectivity index (χ4n) is 2.93. The van der Waals surface area contributed by atoms with Crippen molar-refractivity contribution in [1.82, 2.24) is 15.1 Å². The molecule has 6 nitrogen and oxygen atoms in total. The van der Waals surface area contributed by atoms with E-state index in [0.29, 0.717) is 5.39 Å². The molecular formula is C17H21N3O3. The third kappa shape index (κ3) is 3.36. The standard InChI is InChI=1S/C17H21N3O3/c1-12(16(21)20-10-6-2-3-7-11-20)23-17(22)15-13-8-4-5-9-14(13)18-19-15/h4-5,8-9,12H,2-3,6-7,10-11H2,1H3,(H,18,19)/t12-/m0/s1. The summed E-state index contributed by atoms with van der Waals surface area (Å²) in [5.74, 6) is -0.696. The third-order valence-corrected chi connectivity index (χ3v) is 4.21. The van der Waals surface area contributed by atoms with Crippen LogP contribution in [0.1, 0.15) is 43.1 Å². The van der Waals surface area contributed by atoms with Gasteiger partial charge < -0.3 is 9.64 Å². The molecule has 1 aliphatic rings. The summed E-state index contributed by atoms with van der Waals surface area (Å²) in [6.07, 6.45) is 3.53. The summed E-state index contributed by atoms with van der Waals surface area (Å²) < 4.78 is 5.35. The van der Waals surface area contributed by atoms with Crippen LogP contribution in [0.4, 0.5) is 0 Å². The molecule has 0 bridgehead atoms. The fourth-order valence-corrected chi connectivity index (χ4v) is 2.93. The molecule has 6 heteroatoms. The number of nitrogens with one attached hydrogen (secondary N) is 1. The first-order valence-corrected chi connectivity index (χ1v) is 8.09. The number of aromatic nitrogens is 2. The van der Waals surface area contributed by atoms with Crippen LogP contribution in [0.3, 0.4) is 0 Å². The van der Waals surface area contributed by atoms with Crippen LogP contribution in [-0.4, -0.2) is 46.2 Å². The number of H-pyrrole nitrogens is 1. The zero-order valence-electron chi connectivity index (χ0n) is 13.2. The number of fused-ring (bicyclic) bond motifs is 1. The molecule has 2 heterocycles. The largest absolute Gasteiger partial charge is 0.448 e. The van der Waals surface area contributed by atoms with Gasteiger partial charge in [0, 0.05) is 18.5 Å². The quantitative estimate of drug-likeness (QED) is 0.883. The second-order valence-corrected chi connectivity index (χ2v) is 5.90. The Kier molecular flexibility index (Phi) is 4.60. The molecule has 0 aliphatic carbocycles. The van der Waals surface area contributed by atoms with Gasteiger partial charge in [-0.25, -0.2) is 4.79 Å². The van der Waals surface area contributed by atoms with Gasteiger partial charge in [-0.3, -0.25) is 9.89 Å². The van der Waals surface area contributed by atoms with Gasteiger partial charge in [-0.1, -0.05) is 31.0 Å². The van der Waals surface area contributed by atoms with Crippen molar-refractivity contribution in [3.63, 3.8) is 0 Å². The van der Waals surface area contributed by atoms with Crippen LogP contribution in [0.15, 0.2) is 24.3 Å². The molecule has 23 heavy (non-hydrogen) atoms. The summed E-state index contributed by atoms with van der Waals surface area (Å²) in [5, 5.41) is 7.51. The molecule has 0 spiro atoms. The van der Waals surface area contributed by atoms with Crippen LogP contribution in [0.2, 0.25) is 0 Å². The molecule has 1 aliphatic heterocycles. The van der Waals surface area contributed by atoms with Crippen molar-refractivity contribution in [3.05, 3.63) is 30.0 Å². The van der Waals surface area contributed by atoms with Crippen LogP contribution in [-0.2, 0) is 9.53 Å². The van der Waals surface area contributed by atoms with Gasteiger partial charge in [0.1, 0.15) is 0 Å². The summed E-state index contributed by atoms with van der Waals surface area (Å²) in [5.41, 5.74) is 0.988. The Morgan fingerprint density at radius 1 is 1.17 bits per heavy atom. The second-order valence-electron chi connectivity index (χ2n) is 5.90. The lowest BCUT2D eigenvalue weighted by molar-refractivity contribution is -0.139. The number of carbonyl (C=O) groups is 2. The molecule has 0 saturated carbocycles. The molecular weight excluding hydrogens is 294 g/mol. The van der Waals surface area contributed by atoms with Crippen LogP contribution in [0.5, 0.6) is 0 Å². The van der Waals surface area contributed by atoms with Gasteiger partial charge in [0.05, 0.1) is 5.52 Å². The molecule has 1 atom stereocenters. The van der Waals surface area contributed by atoms with Crippen LogP contribution < -0.4 is 0 Å². The van der Waals surface area contributed by atoms with E-state index in [9.17, 15) is 9.59 Å². The number of likely N-dealkylation sites (tertiary alicyclic amines) is 1. The zero-order chi connectivity index (χ0) is 16.2. The molecule has 1 N–H and O–H groups in total. The van der Waals surface area contributed by atoms with Crippen molar-refractivity contribution in [2.24, 2.45) is 0 Å². The first-order chi connectivity index (χ1) is 11.2. The van der Waals surface area contributed by atoms with Gasteiger partial charge in [-0.15, -0.1) is 0 Å². The highest BCUT2D eigenvalue weighted by atomic mass is 16.5. The summed E-state index contributed by atoms with van der Waals surface area (Å²) in [4.78, 5) is 26.5. The van der Waals surface area contributed by atoms with Crippen molar-refractivity contribution < 1.29 is 14.3 Å². The molecule has 122 valence electrons. The van der Waals surface area contributed by atoms with Crippen molar-refractivity contribution in [2.45, 2.75) is 38.7 Å². The van der Waals surface area contributed by atoms with E-state index >= 15 is 0 Å². The van der Waals surface area contributed by atoms with Gasteiger partial charge in [0.2, 0.25) is 0 Å². The second kappa shape index (κ2) is 6.81. The van der Waals surface area contributed by atoms with Crippen molar-refractivity contribution in [3.8, 4) is 0 Å². The normalized spacial score (nSPS) is 16.8. The van der Waals surface area contributed by atoms with Gasteiger partial charge >= 0.3 is 5.97 Å². The molecule has 2 aromatic rings. The smallest absolute Gasteiger partial charge is 0.360 e. The minimum atomic E-state index is -0.795. The molecule has 1 aromatic carbocycles. The van der Waals surface area contributed by atoms with E-state index in [1.165, 1.54) is 0 Å². The predicted molar refractivity (Wildman–Crippen MR) is 86.0 cm³/mol. The number of hydrogen-bond donors (Lipinski definition) is 1. The first-order valence-electron chi connectivity index (χ1n) is 8.09. The monoisotopic (exact) mass is 315 g/mol. The number of amides is 1. The van der Waals surface area contributed by atoms with Gasteiger partial charge in [0.15, 0.2) is 11.8 Å². The van der Waals surface area contributed by atoms with Crippen LogP contribution >= 0.6 is 0 Å². The minimum absolute atomic E-state index is 0.125. The number of benzene rings is 1. The molecule has 1 amide bonds. The lowest BCUT2D eigenvalue weighted by atomic mass is 10.2. The number of ether oxygens (including phenoxy) is 1. The Morgan fingerprint density at radius 3 is 2.61 bits per heavy atom. The van der Waals surface area contributed by atoms with E-state index in [2.05, 4.69) is 10.2 Å². The molecule has 1 saturated heterocycles. The number of nitrogens with zero attached hydrogens (tertiary/aromatic N) is 2. The number of hydrogen-bond acceptors (Lipinski definition) is 4. The Hall–Kier alpha value is -2.37. The van der Waals surface area contributed by atoms with Crippen molar-refractivity contribution in [2.75, 3.05) is 13.1 Å². The molecule has 3 rings (SSSR count). The van der Waals surface area contributed by atoms with E-state index in [4.69, 9.17) is 4.74 Å². The molecule has 0 unspecified atom stereocenters. The maximum Gasteiger partial charge on any atom is 0.360 e.